The van der Waals surface area contributed by atoms with E-state index in [-0.39, 0.29) is 11.6 Å². The molecule has 3 N–H and O–H groups in total. The Morgan fingerprint density at radius 3 is 2.71 bits per heavy atom. The molecular formula is C11H8BrFN2OS. The van der Waals surface area contributed by atoms with Gasteiger partial charge in [-0.15, -0.1) is 11.3 Å². The molecule has 0 spiro atoms. The van der Waals surface area contributed by atoms with Crippen LogP contribution in [0, 0.1) is 5.82 Å². The summed E-state index contributed by atoms with van der Waals surface area (Å²) in [6.07, 6.45) is 0. The number of nitrogens with two attached hydrogens (primary N) is 1. The van der Waals surface area contributed by atoms with Gasteiger partial charge in [-0.05, 0) is 40.2 Å². The summed E-state index contributed by atoms with van der Waals surface area (Å²) in [5, 5.41) is 4.29. The number of carbonyl (C=O) groups is 1. The van der Waals surface area contributed by atoms with Crippen molar-refractivity contribution in [2.24, 2.45) is 0 Å². The molecule has 0 atom stereocenters. The van der Waals surface area contributed by atoms with Gasteiger partial charge in [0.15, 0.2) is 0 Å². The topological polar surface area (TPSA) is 55.1 Å². The number of nitrogen functional groups attached to an aromatic ring is 1. The first-order valence-electron chi connectivity index (χ1n) is 4.66. The van der Waals surface area contributed by atoms with Crippen LogP contribution < -0.4 is 11.1 Å². The first-order valence-corrected chi connectivity index (χ1v) is 6.33. The van der Waals surface area contributed by atoms with Crippen LogP contribution in [-0.2, 0) is 0 Å². The summed E-state index contributed by atoms with van der Waals surface area (Å²) in [5.74, 6) is -0.774. The molecule has 2 rings (SSSR count). The van der Waals surface area contributed by atoms with Crippen LogP contribution in [0.25, 0.3) is 0 Å². The summed E-state index contributed by atoms with van der Waals surface area (Å²) in [6.45, 7) is 0. The third-order valence-electron chi connectivity index (χ3n) is 2.01. The normalized spacial score (nSPS) is 10.2. The van der Waals surface area contributed by atoms with Crippen molar-refractivity contribution in [3.8, 4) is 0 Å². The van der Waals surface area contributed by atoms with Crippen molar-refractivity contribution in [2.75, 3.05) is 11.1 Å². The Hall–Kier alpha value is -1.40. The van der Waals surface area contributed by atoms with E-state index in [0.29, 0.717) is 11.3 Å². The molecule has 0 unspecified atom stereocenters. The SMILES string of the molecule is Nc1cc(F)cc(NC(=O)c2csc(Br)c2)c1. The summed E-state index contributed by atoms with van der Waals surface area (Å²) in [5.41, 5.74) is 6.61. The second-order valence-electron chi connectivity index (χ2n) is 3.37. The van der Waals surface area contributed by atoms with Gasteiger partial charge in [0.25, 0.3) is 5.91 Å². The fourth-order valence-corrected chi connectivity index (χ4v) is 2.45. The van der Waals surface area contributed by atoms with Crippen molar-refractivity contribution in [3.05, 3.63) is 44.8 Å². The van der Waals surface area contributed by atoms with Crippen molar-refractivity contribution >= 4 is 44.5 Å². The van der Waals surface area contributed by atoms with Gasteiger partial charge in [0.1, 0.15) is 5.82 Å². The second-order valence-corrected chi connectivity index (χ2v) is 5.66. The third kappa shape index (κ3) is 3.04. The largest absolute Gasteiger partial charge is 0.399 e. The standard InChI is InChI=1S/C11H8BrFN2OS/c12-10-1-6(5-17-10)11(16)15-9-3-7(13)2-8(14)4-9/h1-5H,14H2,(H,15,16). The summed E-state index contributed by atoms with van der Waals surface area (Å²) in [6, 6.07) is 5.61. The molecule has 0 aliphatic heterocycles. The molecule has 0 aliphatic rings. The minimum Gasteiger partial charge on any atom is -0.399 e. The predicted molar refractivity (Wildman–Crippen MR) is 70.8 cm³/mol. The monoisotopic (exact) mass is 314 g/mol. The van der Waals surface area contributed by atoms with Crippen LogP contribution in [0.5, 0.6) is 0 Å². The highest BCUT2D eigenvalue weighted by molar-refractivity contribution is 9.11. The highest BCUT2D eigenvalue weighted by Crippen LogP contribution is 2.22. The number of benzene rings is 1. The number of amides is 1. The molecule has 0 radical (unpaired) electrons. The van der Waals surface area contributed by atoms with E-state index < -0.39 is 5.82 Å². The number of nitrogens with one attached hydrogen (secondary N) is 1. The van der Waals surface area contributed by atoms with Crippen molar-refractivity contribution in [1.29, 1.82) is 0 Å². The van der Waals surface area contributed by atoms with E-state index in [2.05, 4.69) is 21.2 Å². The number of carbonyl (C=O) groups excluding carboxylic acids is 1. The molecular weight excluding hydrogens is 307 g/mol. The minimum atomic E-state index is -0.480. The first kappa shape index (κ1) is 12.1. The van der Waals surface area contributed by atoms with Crippen LogP contribution in [0.4, 0.5) is 15.8 Å². The lowest BCUT2D eigenvalue weighted by Crippen LogP contribution is -2.11. The van der Waals surface area contributed by atoms with Gasteiger partial charge in [-0.3, -0.25) is 4.79 Å². The Morgan fingerprint density at radius 2 is 2.12 bits per heavy atom. The number of rotatable bonds is 2. The number of thiophene rings is 1. The minimum absolute atomic E-state index is 0.270. The lowest BCUT2D eigenvalue weighted by Gasteiger charge is -2.05. The van der Waals surface area contributed by atoms with Gasteiger partial charge in [0.05, 0.1) is 9.35 Å². The first-order chi connectivity index (χ1) is 8.04. The lowest BCUT2D eigenvalue weighted by atomic mass is 10.2. The molecule has 0 fully saturated rings. The molecule has 1 aromatic carbocycles. The van der Waals surface area contributed by atoms with Crippen LogP contribution >= 0.6 is 27.3 Å². The average Bonchev–Trinajstić information content (AvgIpc) is 2.63. The van der Waals surface area contributed by atoms with Crippen molar-refractivity contribution in [1.82, 2.24) is 0 Å². The molecule has 0 saturated heterocycles. The van der Waals surface area contributed by atoms with Gasteiger partial charge in [0, 0.05) is 16.8 Å². The fourth-order valence-electron chi connectivity index (χ4n) is 1.32. The van der Waals surface area contributed by atoms with Gasteiger partial charge in [-0.25, -0.2) is 4.39 Å². The van der Waals surface area contributed by atoms with E-state index in [9.17, 15) is 9.18 Å². The number of halogens is 2. The predicted octanol–water partition coefficient (Wildman–Crippen LogP) is 3.48. The third-order valence-corrected chi connectivity index (χ3v) is 3.51. The van der Waals surface area contributed by atoms with E-state index in [0.717, 1.165) is 3.79 Å². The quantitative estimate of drug-likeness (QED) is 0.834. The van der Waals surface area contributed by atoms with Crippen LogP contribution in [0.3, 0.4) is 0 Å². The summed E-state index contributed by atoms with van der Waals surface area (Å²) >= 11 is 4.67. The summed E-state index contributed by atoms with van der Waals surface area (Å²) in [4.78, 5) is 11.8. The highest BCUT2D eigenvalue weighted by atomic mass is 79.9. The van der Waals surface area contributed by atoms with E-state index in [4.69, 9.17) is 5.73 Å². The molecule has 3 nitrogen and oxygen atoms in total. The van der Waals surface area contributed by atoms with Crippen LogP contribution in [0.1, 0.15) is 10.4 Å². The second kappa shape index (κ2) is 4.85. The zero-order valence-electron chi connectivity index (χ0n) is 8.54. The molecule has 2 aromatic rings. The molecule has 1 amide bonds. The molecule has 0 aliphatic carbocycles. The lowest BCUT2D eigenvalue weighted by molar-refractivity contribution is 0.102. The maximum absolute atomic E-state index is 13.0. The van der Waals surface area contributed by atoms with Crippen LogP contribution in [-0.4, -0.2) is 5.91 Å². The van der Waals surface area contributed by atoms with Crippen molar-refractivity contribution < 1.29 is 9.18 Å². The fraction of sp³-hybridized carbons (Fsp3) is 0. The number of hydrogen-bond donors (Lipinski definition) is 2. The Labute approximate surface area is 110 Å². The van der Waals surface area contributed by atoms with Gasteiger partial charge in [-0.1, -0.05) is 0 Å². The Kier molecular flexibility index (Phi) is 3.44. The van der Waals surface area contributed by atoms with E-state index in [1.807, 2.05) is 0 Å². The van der Waals surface area contributed by atoms with E-state index in [1.165, 1.54) is 29.5 Å². The smallest absolute Gasteiger partial charge is 0.256 e. The average molecular weight is 315 g/mol. The molecule has 88 valence electrons. The Morgan fingerprint density at radius 1 is 1.35 bits per heavy atom. The molecule has 6 heteroatoms. The van der Waals surface area contributed by atoms with Crippen molar-refractivity contribution in [3.63, 3.8) is 0 Å². The molecule has 1 heterocycles. The molecule has 0 bridgehead atoms. The zero-order chi connectivity index (χ0) is 12.4. The van der Waals surface area contributed by atoms with Gasteiger partial charge in [0.2, 0.25) is 0 Å². The molecule has 1 aromatic heterocycles. The van der Waals surface area contributed by atoms with Crippen LogP contribution in [0.2, 0.25) is 0 Å². The van der Waals surface area contributed by atoms with E-state index >= 15 is 0 Å². The van der Waals surface area contributed by atoms with Gasteiger partial charge >= 0.3 is 0 Å². The molecule has 17 heavy (non-hydrogen) atoms. The number of anilines is 2. The van der Waals surface area contributed by atoms with E-state index in [1.54, 1.807) is 11.4 Å². The Bertz CT molecular complexity index is 550. The molecule has 0 saturated carbocycles. The summed E-state index contributed by atoms with van der Waals surface area (Å²) in [7, 11) is 0. The number of hydrogen-bond acceptors (Lipinski definition) is 3. The van der Waals surface area contributed by atoms with Crippen molar-refractivity contribution in [2.45, 2.75) is 0 Å². The zero-order valence-corrected chi connectivity index (χ0v) is 10.9. The highest BCUT2D eigenvalue weighted by Gasteiger charge is 2.09. The van der Waals surface area contributed by atoms with Crippen LogP contribution in [0.15, 0.2) is 33.4 Å². The maximum atomic E-state index is 13.0. The summed E-state index contributed by atoms with van der Waals surface area (Å²) < 4.78 is 13.9. The maximum Gasteiger partial charge on any atom is 0.256 e. The van der Waals surface area contributed by atoms with Gasteiger partial charge < -0.3 is 11.1 Å². The Balaban J connectivity index is 2.18. The van der Waals surface area contributed by atoms with Gasteiger partial charge in [-0.2, -0.15) is 0 Å².